The zero-order chi connectivity index (χ0) is 14.2. The number of rotatable bonds is 3. The zero-order valence-electron chi connectivity index (χ0n) is 11.6. The lowest BCUT2D eigenvalue weighted by Gasteiger charge is -2.05. The summed E-state index contributed by atoms with van der Waals surface area (Å²) in [5.41, 5.74) is 4.82. The minimum absolute atomic E-state index is 0.121. The van der Waals surface area contributed by atoms with E-state index in [9.17, 15) is 4.79 Å². The monoisotopic (exact) mass is 320 g/mol. The quantitative estimate of drug-likeness (QED) is 0.811. The molecule has 0 atom stereocenters. The van der Waals surface area contributed by atoms with Gasteiger partial charge in [-0.15, -0.1) is 0 Å². The Morgan fingerprint density at radius 3 is 2.26 bits per heavy atom. The first-order valence-electron chi connectivity index (χ1n) is 6.18. The summed E-state index contributed by atoms with van der Waals surface area (Å²) >= 11 is 3.50. The Morgan fingerprint density at radius 1 is 1.21 bits per heavy atom. The van der Waals surface area contributed by atoms with Crippen LogP contribution in [-0.2, 0) is 13.5 Å². The number of halogens is 1. The van der Waals surface area contributed by atoms with Gasteiger partial charge in [-0.2, -0.15) is 5.10 Å². The largest absolute Gasteiger partial charge is 0.294 e. The van der Waals surface area contributed by atoms with Crippen molar-refractivity contribution in [2.75, 3.05) is 0 Å². The Labute approximate surface area is 121 Å². The standard InChI is InChI=1S/C15H17BrN2O/c1-9-5-10(2)7-12(6-9)14(19)8-13-15(16)11(3)17-18(13)4/h5-7H,8H2,1-4H3. The van der Waals surface area contributed by atoms with Crippen LogP contribution >= 0.6 is 15.9 Å². The van der Waals surface area contributed by atoms with E-state index in [2.05, 4.69) is 27.1 Å². The molecular formula is C15H17BrN2O. The van der Waals surface area contributed by atoms with E-state index in [1.54, 1.807) is 4.68 Å². The van der Waals surface area contributed by atoms with Crippen LogP contribution < -0.4 is 0 Å². The molecule has 0 fully saturated rings. The molecule has 1 aromatic carbocycles. The topological polar surface area (TPSA) is 34.9 Å². The Kier molecular flexibility index (Phi) is 3.90. The highest BCUT2D eigenvalue weighted by Gasteiger charge is 2.16. The zero-order valence-corrected chi connectivity index (χ0v) is 13.2. The van der Waals surface area contributed by atoms with Gasteiger partial charge in [0.1, 0.15) is 0 Å². The minimum atomic E-state index is 0.121. The number of carbonyl (C=O) groups is 1. The van der Waals surface area contributed by atoms with Gasteiger partial charge in [-0.1, -0.05) is 17.2 Å². The average Bonchev–Trinajstić information content (AvgIpc) is 2.54. The summed E-state index contributed by atoms with van der Waals surface area (Å²) in [6, 6.07) is 5.94. The fraction of sp³-hybridized carbons (Fsp3) is 0.333. The Hall–Kier alpha value is -1.42. The van der Waals surface area contributed by atoms with Crippen LogP contribution in [0.15, 0.2) is 22.7 Å². The van der Waals surface area contributed by atoms with E-state index >= 15 is 0 Å². The second-order valence-corrected chi connectivity index (χ2v) is 5.74. The summed E-state index contributed by atoms with van der Waals surface area (Å²) in [6.07, 6.45) is 0.362. The molecule has 3 nitrogen and oxygen atoms in total. The molecule has 0 spiro atoms. The van der Waals surface area contributed by atoms with Crippen LogP contribution in [-0.4, -0.2) is 15.6 Å². The van der Waals surface area contributed by atoms with Crippen molar-refractivity contribution in [3.05, 3.63) is 50.8 Å². The predicted octanol–water partition coefficient (Wildman–Crippen LogP) is 3.53. The maximum Gasteiger partial charge on any atom is 0.168 e. The highest BCUT2D eigenvalue weighted by Crippen LogP contribution is 2.22. The summed E-state index contributed by atoms with van der Waals surface area (Å²) in [6.45, 7) is 5.94. The second kappa shape index (κ2) is 5.29. The van der Waals surface area contributed by atoms with E-state index in [-0.39, 0.29) is 5.78 Å². The molecule has 0 aliphatic heterocycles. The summed E-state index contributed by atoms with van der Waals surface area (Å²) in [7, 11) is 1.86. The van der Waals surface area contributed by atoms with Crippen LogP contribution in [0.5, 0.6) is 0 Å². The van der Waals surface area contributed by atoms with Gasteiger partial charge in [-0.05, 0) is 48.8 Å². The smallest absolute Gasteiger partial charge is 0.168 e. The molecule has 4 heteroatoms. The first kappa shape index (κ1) is 14.0. The van der Waals surface area contributed by atoms with Crippen molar-refractivity contribution in [1.82, 2.24) is 9.78 Å². The number of aryl methyl sites for hydroxylation is 4. The number of hydrogen-bond acceptors (Lipinski definition) is 2. The molecule has 0 saturated heterocycles. The van der Waals surface area contributed by atoms with Gasteiger partial charge in [0.05, 0.1) is 22.3 Å². The predicted molar refractivity (Wildman–Crippen MR) is 79.6 cm³/mol. The Bertz CT molecular complexity index is 624. The van der Waals surface area contributed by atoms with Crippen LogP contribution in [0.2, 0.25) is 0 Å². The van der Waals surface area contributed by atoms with Crippen molar-refractivity contribution >= 4 is 21.7 Å². The van der Waals surface area contributed by atoms with E-state index in [4.69, 9.17) is 0 Å². The molecule has 0 N–H and O–H groups in total. The van der Waals surface area contributed by atoms with Gasteiger partial charge in [-0.3, -0.25) is 9.48 Å². The van der Waals surface area contributed by atoms with E-state index < -0.39 is 0 Å². The molecule has 0 aliphatic carbocycles. The Balaban J connectivity index is 2.30. The van der Waals surface area contributed by atoms with Crippen LogP contribution in [0.4, 0.5) is 0 Å². The summed E-state index contributed by atoms with van der Waals surface area (Å²) in [5.74, 6) is 0.121. The molecule has 100 valence electrons. The van der Waals surface area contributed by atoms with Gasteiger partial charge in [0, 0.05) is 12.6 Å². The molecule has 0 aliphatic rings. The van der Waals surface area contributed by atoms with Crippen LogP contribution in [0, 0.1) is 20.8 Å². The van der Waals surface area contributed by atoms with E-state index in [0.29, 0.717) is 6.42 Å². The van der Waals surface area contributed by atoms with Crippen molar-refractivity contribution in [3.8, 4) is 0 Å². The molecule has 1 aromatic heterocycles. The van der Waals surface area contributed by atoms with Crippen LogP contribution in [0.1, 0.15) is 32.9 Å². The third-order valence-corrected chi connectivity index (χ3v) is 4.16. The molecule has 0 unspecified atom stereocenters. The van der Waals surface area contributed by atoms with Gasteiger partial charge in [0.25, 0.3) is 0 Å². The first-order chi connectivity index (χ1) is 8.88. The molecular weight excluding hydrogens is 304 g/mol. The fourth-order valence-corrected chi connectivity index (χ4v) is 2.74. The highest BCUT2D eigenvalue weighted by atomic mass is 79.9. The average molecular weight is 321 g/mol. The first-order valence-corrected chi connectivity index (χ1v) is 6.97. The molecule has 1 heterocycles. The summed E-state index contributed by atoms with van der Waals surface area (Å²) in [4.78, 5) is 12.4. The third-order valence-electron chi connectivity index (χ3n) is 3.13. The molecule has 2 rings (SSSR count). The van der Waals surface area contributed by atoms with Crippen molar-refractivity contribution in [2.45, 2.75) is 27.2 Å². The van der Waals surface area contributed by atoms with Crippen LogP contribution in [0.3, 0.4) is 0 Å². The van der Waals surface area contributed by atoms with Crippen molar-refractivity contribution in [3.63, 3.8) is 0 Å². The molecule has 2 aromatic rings. The number of benzene rings is 1. The van der Waals surface area contributed by atoms with Gasteiger partial charge in [-0.25, -0.2) is 0 Å². The Morgan fingerprint density at radius 2 is 1.79 bits per heavy atom. The van der Waals surface area contributed by atoms with Crippen molar-refractivity contribution in [2.24, 2.45) is 7.05 Å². The lowest BCUT2D eigenvalue weighted by atomic mass is 10.0. The van der Waals surface area contributed by atoms with Gasteiger partial charge in [0.2, 0.25) is 0 Å². The highest BCUT2D eigenvalue weighted by molar-refractivity contribution is 9.10. The second-order valence-electron chi connectivity index (χ2n) is 4.95. The number of hydrogen-bond donors (Lipinski definition) is 0. The van der Waals surface area contributed by atoms with E-state index in [0.717, 1.165) is 32.6 Å². The lowest BCUT2D eigenvalue weighted by Crippen LogP contribution is -2.09. The van der Waals surface area contributed by atoms with Gasteiger partial charge in [0.15, 0.2) is 5.78 Å². The molecule has 0 amide bonds. The summed E-state index contributed by atoms with van der Waals surface area (Å²) in [5, 5.41) is 4.31. The third kappa shape index (κ3) is 2.95. The van der Waals surface area contributed by atoms with Crippen molar-refractivity contribution < 1.29 is 4.79 Å². The summed E-state index contributed by atoms with van der Waals surface area (Å²) < 4.78 is 2.69. The van der Waals surface area contributed by atoms with E-state index in [1.165, 1.54) is 0 Å². The van der Waals surface area contributed by atoms with Crippen LogP contribution in [0.25, 0.3) is 0 Å². The number of Topliss-reactive ketones (excluding diaryl/α,β-unsaturated/α-hetero) is 1. The maximum atomic E-state index is 12.4. The number of carbonyl (C=O) groups excluding carboxylic acids is 1. The number of aromatic nitrogens is 2. The molecule has 0 saturated carbocycles. The minimum Gasteiger partial charge on any atom is -0.294 e. The lowest BCUT2D eigenvalue weighted by molar-refractivity contribution is 0.0990. The molecule has 19 heavy (non-hydrogen) atoms. The number of nitrogens with zero attached hydrogens (tertiary/aromatic N) is 2. The SMILES string of the molecule is Cc1cc(C)cc(C(=O)Cc2c(Br)c(C)nn2C)c1. The van der Waals surface area contributed by atoms with Gasteiger partial charge < -0.3 is 0 Å². The van der Waals surface area contributed by atoms with Crippen molar-refractivity contribution in [1.29, 1.82) is 0 Å². The normalized spacial score (nSPS) is 10.8. The molecule has 0 bridgehead atoms. The number of ketones is 1. The fourth-order valence-electron chi connectivity index (χ4n) is 2.26. The maximum absolute atomic E-state index is 12.4. The molecule has 0 radical (unpaired) electrons. The van der Waals surface area contributed by atoms with E-state index in [1.807, 2.05) is 40.0 Å². The van der Waals surface area contributed by atoms with Gasteiger partial charge >= 0.3 is 0 Å².